The first-order chi connectivity index (χ1) is 5.92. The molecule has 12 heavy (non-hydrogen) atoms. The van der Waals surface area contributed by atoms with Crippen LogP contribution in [0.4, 0.5) is 5.69 Å². The van der Waals surface area contributed by atoms with Gasteiger partial charge in [-0.1, -0.05) is 23.4 Å². The number of nitrogens with one attached hydrogen (secondary N) is 1. The van der Waals surface area contributed by atoms with Gasteiger partial charge in [0.25, 0.3) is 0 Å². The summed E-state index contributed by atoms with van der Waals surface area (Å²) in [6.07, 6.45) is 0.785. The molecule has 1 heterocycles. The van der Waals surface area contributed by atoms with Crippen LogP contribution in [0.2, 0.25) is 0 Å². The smallest absolute Gasteiger partial charge is 0.0906 e. The second-order valence-corrected chi connectivity index (χ2v) is 2.77. The molecule has 0 amide bonds. The summed E-state index contributed by atoms with van der Waals surface area (Å²) in [6, 6.07) is 7.85. The first-order valence-corrected chi connectivity index (χ1v) is 3.96. The normalized spacial score (nSPS) is 18.5. The van der Waals surface area contributed by atoms with Gasteiger partial charge in [-0.05, 0) is 6.07 Å². The van der Waals surface area contributed by atoms with Gasteiger partial charge in [-0.15, -0.1) is 0 Å². The lowest BCUT2D eigenvalue weighted by molar-refractivity contribution is 0.318. The third-order valence-corrected chi connectivity index (χ3v) is 2.04. The minimum Gasteiger partial charge on any atom is -0.411 e. The third-order valence-electron chi connectivity index (χ3n) is 2.04. The third kappa shape index (κ3) is 1.03. The van der Waals surface area contributed by atoms with Crippen molar-refractivity contribution >= 4 is 11.4 Å². The zero-order valence-electron chi connectivity index (χ0n) is 6.62. The van der Waals surface area contributed by atoms with Crippen LogP contribution in [0.3, 0.4) is 0 Å². The fourth-order valence-corrected chi connectivity index (χ4v) is 1.44. The van der Waals surface area contributed by atoms with Crippen molar-refractivity contribution in [3.8, 4) is 0 Å². The van der Waals surface area contributed by atoms with E-state index in [1.807, 2.05) is 24.3 Å². The maximum Gasteiger partial charge on any atom is 0.0906 e. The Morgan fingerprint density at radius 3 is 3.00 bits per heavy atom. The molecular weight excluding hydrogens is 152 g/mol. The molecule has 0 atom stereocenters. The first kappa shape index (κ1) is 7.16. The molecule has 0 fully saturated rings. The van der Waals surface area contributed by atoms with E-state index in [-0.39, 0.29) is 0 Å². The Morgan fingerprint density at radius 2 is 2.17 bits per heavy atom. The van der Waals surface area contributed by atoms with E-state index in [0.717, 1.165) is 29.9 Å². The highest BCUT2D eigenvalue weighted by Gasteiger charge is 2.13. The van der Waals surface area contributed by atoms with Gasteiger partial charge in [-0.3, -0.25) is 0 Å². The van der Waals surface area contributed by atoms with Crippen LogP contribution in [0.15, 0.2) is 29.4 Å². The number of nitrogens with zero attached hydrogens (tertiary/aromatic N) is 1. The molecule has 0 unspecified atom stereocenters. The summed E-state index contributed by atoms with van der Waals surface area (Å²) in [5.41, 5.74) is 2.83. The van der Waals surface area contributed by atoms with Crippen LogP contribution >= 0.6 is 0 Å². The number of anilines is 1. The standard InChI is InChI=1S/C9H10N2O/c12-11-9-5-6-10-8-4-2-1-3-7(8)9/h1-4,10,12H,5-6H2/b11-9+. The predicted molar refractivity (Wildman–Crippen MR) is 47.9 cm³/mol. The molecule has 0 spiro atoms. The van der Waals surface area contributed by atoms with Gasteiger partial charge >= 0.3 is 0 Å². The summed E-state index contributed by atoms with van der Waals surface area (Å²) in [7, 11) is 0. The van der Waals surface area contributed by atoms with E-state index in [9.17, 15) is 0 Å². The van der Waals surface area contributed by atoms with Crippen molar-refractivity contribution in [1.82, 2.24) is 0 Å². The predicted octanol–water partition coefficient (Wildman–Crippen LogP) is 1.68. The molecular formula is C9H10N2O. The van der Waals surface area contributed by atoms with Crippen molar-refractivity contribution < 1.29 is 5.21 Å². The number of rotatable bonds is 0. The molecule has 1 aliphatic heterocycles. The molecule has 3 heteroatoms. The van der Waals surface area contributed by atoms with Gasteiger partial charge in [0.1, 0.15) is 0 Å². The molecule has 0 saturated carbocycles. The highest BCUT2D eigenvalue weighted by molar-refractivity contribution is 6.06. The molecule has 2 N–H and O–H groups in total. The molecule has 0 bridgehead atoms. The van der Waals surface area contributed by atoms with Gasteiger partial charge in [0.2, 0.25) is 0 Å². The van der Waals surface area contributed by atoms with Crippen molar-refractivity contribution in [3.63, 3.8) is 0 Å². The lowest BCUT2D eigenvalue weighted by Crippen LogP contribution is -2.18. The topological polar surface area (TPSA) is 44.6 Å². The maximum absolute atomic E-state index is 8.70. The van der Waals surface area contributed by atoms with Gasteiger partial charge in [-0.2, -0.15) is 0 Å². The zero-order chi connectivity index (χ0) is 8.39. The lowest BCUT2D eigenvalue weighted by Gasteiger charge is -2.17. The Kier molecular flexibility index (Phi) is 1.70. The van der Waals surface area contributed by atoms with Crippen LogP contribution < -0.4 is 5.32 Å². The first-order valence-electron chi connectivity index (χ1n) is 3.96. The van der Waals surface area contributed by atoms with Gasteiger partial charge in [0.15, 0.2) is 0 Å². The Balaban J connectivity index is 2.51. The maximum atomic E-state index is 8.70. The molecule has 1 aromatic rings. The molecule has 3 nitrogen and oxygen atoms in total. The van der Waals surface area contributed by atoms with Crippen LogP contribution in [0, 0.1) is 0 Å². The van der Waals surface area contributed by atoms with Crippen molar-refractivity contribution in [2.24, 2.45) is 5.16 Å². The Morgan fingerprint density at radius 1 is 1.33 bits per heavy atom. The number of oxime groups is 1. The minimum atomic E-state index is 0.768. The van der Waals surface area contributed by atoms with E-state index in [0.29, 0.717) is 0 Å². The molecule has 0 aromatic heterocycles. The van der Waals surface area contributed by atoms with Crippen LogP contribution in [0.25, 0.3) is 0 Å². The summed E-state index contributed by atoms with van der Waals surface area (Å²) in [5.74, 6) is 0. The number of hydrogen-bond acceptors (Lipinski definition) is 3. The molecule has 2 rings (SSSR count). The lowest BCUT2D eigenvalue weighted by atomic mass is 10.0. The Labute approximate surface area is 70.7 Å². The SMILES string of the molecule is O/N=C1\CCNc2ccccc21. The molecule has 0 saturated heterocycles. The van der Waals surface area contributed by atoms with E-state index in [4.69, 9.17) is 5.21 Å². The van der Waals surface area contributed by atoms with E-state index >= 15 is 0 Å². The number of hydrogen-bond donors (Lipinski definition) is 2. The largest absolute Gasteiger partial charge is 0.411 e. The van der Waals surface area contributed by atoms with Crippen molar-refractivity contribution in [2.45, 2.75) is 6.42 Å². The van der Waals surface area contributed by atoms with Gasteiger partial charge in [0, 0.05) is 24.2 Å². The van der Waals surface area contributed by atoms with Crippen LogP contribution in [0.1, 0.15) is 12.0 Å². The summed E-state index contributed by atoms with van der Waals surface area (Å²) in [5, 5.41) is 15.2. The second-order valence-electron chi connectivity index (χ2n) is 2.77. The number of para-hydroxylation sites is 1. The van der Waals surface area contributed by atoms with Gasteiger partial charge < -0.3 is 10.5 Å². The summed E-state index contributed by atoms with van der Waals surface area (Å²) >= 11 is 0. The number of benzene rings is 1. The van der Waals surface area contributed by atoms with E-state index < -0.39 is 0 Å². The Bertz CT molecular complexity index is 320. The van der Waals surface area contributed by atoms with Crippen LogP contribution in [-0.4, -0.2) is 17.5 Å². The average Bonchev–Trinajstić information content (AvgIpc) is 2.17. The summed E-state index contributed by atoms with van der Waals surface area (Å²) < 4.78 is 0. The fraction of sp³-hybridized carbons (Fsp3) is 0.222. The van der Waals surface area contributed by atoms with E-state index in [1.54, 1.807) is 0 Å². The summed E-state index contributed by atoms with van der Waals surface area (Å²) in [4.78, 5) is 0. The zero-order valence-corrected chi connectivity index (χ0v) is 6.62. The van der Waals surface area contributed by atoms with E-state index in [1.165, 1.54) is 0 Å². The fourth-order valence-electron chi connectivity index (χ4n) is 1.44. The van der Waals surface area contributed by atoms with Crippen molar-refractivity contribution in [1.29, 1.82) is 0 Å². The van der Waals surface area contributed by atoms with Crippen LogP contribution in [0.5, 0.6) is 0 Å². The second kappa shape index (κ2) is 2.85. The van der Waals surface area contributed by atoms with Gasteiger partial charge in [0.05, 0.1) is 5.71 Å². The number of fused-ring (bicyclic) bond motifs is 1. The van der Waals surface area contributed by atoms with Crippen molar-refractivity contribution in [2.75, 3.05) is 11.9 Å². The molecule has 0 radical (unpaired) electrons. The monoisotopic (exact) mass is 162 g/mol. The molecule has 1 aliphatic rings. The van der Waals surface area contributed by atoms with E-state index in [2.05, 4.69) is 10.5 Å². The van der Waals surface area contributed by atoms with Crippen molar-refractivity contribution in [3.05, 3.63) is 29.8 Å². The molecule has 1 aromatic carbocycles. The van der Waals surface area contributed by atoms with Crippen LogP contribution in [-0.2, 0) is 0 Å². The highest BCUT2D eigenvalue weighted by Crippen LogP contribution is 2.21. The average molecular weight is 162 g/mol. The molecule has 62 valence electrons. The quantitative estimate of drug-likeness (QED) is 0.450. The van der Waals surface area contributed by atoms with Gasteiger partial charge in [-0.25, -0.2) is 0 Å². The minimum absolute atomic E-state index is 0.768. The summed E-state index contributed by atoms with van der Waals surface area (Å²) in [6.45, 7) is 0.844. The Hall–Kier alpha value is -1.51. The highest BCUT2D eigenvalue weighted by atomic mass is 16.4. The molecule has 0 aliphatic carbocycles.